The predicted molar refractivity (Wildman–Crippen MR) is 91.3 cm³/mol. The average molecular weight is 344 g/mol. The van der Waals surface area contributed by atoms with Crippen LogP contribution < -0.4 is 5.32 Å². The fourth-order valence-corrected chi connectivity index (χ4v) is 2.55. The van der Waals surface area contributed by atoms with Crippen LogP contribution in [0.25, 0.3) is 0 Å². The number of benzene rings is 1. The van der Waals surface area contributed by atoms with E-state index in [1.54, 1.807) is 12.1 Å². The molecule has 1 rings (SSSR count). The number of halogens is 1. The summed E-state index contributed by atoms with van der Waals surface area (Å²) in [7, 11) is 0. The molecule has 1 aromatic rings. The van der Waals surface area contributed by atoms with Gasteiger partial charge in [-0.3, -0.25) is 4.79 Å². The summed E-state index contributed by atoms with van der Waals surface area (Å²) >= 11 is 7.13. The standard InChI is InChI=1S/C16H22ClNO3S/c1-11(19)22-10-9-14(12-5-7-13(17)8-6-12)18-15(20)21-16(2,3)4/h5-8,14H,9-10H2,1-4H3,(H,18,20). The van der Waals surface area contributed by atoms with Crippen LogP contribution >= 0.6 is 23.4 Å². The van der Waals surface area contributed by atoms with Crippen LogP contribution in [0.2, 0.25) is 5.02 Å². The number of nitrogens with one attached hydrogen (secondary N) is 1. The number of hydrogen-bond acceptors (Lipinski definition) is 4. The van der Waals surface area contributed by atoms with Gasteiger partial charge in [0.05, 0.1) is 6.04 Å². The number of thioether (sulfide) groups is 1. The summed E-state index contributed by atoms with van der Waals surface area (Å²) in [6.07, 6.45) is 0.158. The van der Waals surface area contributed by atoms with Crippen molar-refractivity contribution in [2.24, 2.45) is 0 Å². The molecular weight excluding hydrogens is 322 g/mol. The summed E-state index contributed by atoms with van der Waals surface area (Å²) in [6, 6.07) is 7.06. The van der Waals surface area contributed by atoms with Crippen molar-refractivity contribution in [1.29, 1.82) is 0 Å². The topological polar surface area (TPSA) is 55.4 Å². The number of carbonyl (C=O) groups excluding carboxylic acids is 2. The number of hydrogen-bond donors (Lipinski definition) is 1. The van der Waals surface area contributed by atoms with Crippen molar-refractivity contribution in [2.75, 3.05) is 5.75 Å². The van der Waals surface area contributed by atoms with E-state index in [0.717, 1.165) is 5.56 Å². The lowest BCUT2D eigenvalue weighted by Gasteiger charge is -2.24. The Kier molecular flexibility index (Phi) is 7.23. The van der Waals surface area contributed by atoms with E-state index in [1.807, 2.05) is 32.9 Å². The molecule has 0 aliphatic carbocycles. The first-order valence-corrected chi connectivity index (χ1v) is 8.42. The highest BCUT2D eigenvalue weighted by Gasteiger charge is 2.20. The summed E-state index contributed by atoms with van der Waals surface area (Å²) in [4.78, 5) is 23.0. The fourth-order valence-electron chi connectivity index (χ4n) is 1.79. The summed E-state index contributed by atoms with van der Waals surface area (Å²) in [5, 5.41) is 3.55. The van der Waals surface area contributed by atoms with Gasteiger partial charge in [-0.05, 0) is 44.9 Å². The maximum Gasteiger partial charge on any atom is 0.408 e. The van der Waals surface area contributed by atoms with Gasteiger partial charge in [0.25, 0.3) is 0 Å². The van der Waals surface area contributed by atoms with Crippen molar-refractivity contribution in [1.82, 2.24) is 5.32 Å². The molecule has 0 heterocycles. The van der Waals surface area contributed by atoms with Crippen molar-refractivity contribution < 1.29 is 14.3 Å². The van der Waals surface area contributed by atoms with Gasteiger partial charge >= 0.3 is 6.09 Å². The highest BCUT2D eigenvalue weighted by Crippen LogP contribution is 2.22. The monoisotopic (exact) mass is 343 g/mol. The lowest BCUT2D eigenvalue weighted by Crippen LogP contribution is -2.35. The van der Waals surface area contributed by atoms with Gasteiger partial charge in [0.2, 0.25) is 0 Å². The van der Waals surface area contributed by atoms with Crippen LogP contribution in [0.3, 0.4) is 0 Å². The van der Waals surface area contributed by atoms with Crippen LogP contribution in [-0.4, -0.2) is 22.6 Å². The summed E-state index contributed by atoms with van der Waals surface area (Å²) < 4.78 is 5.29. The summed E-state index contributed by atoms with van der Waals surface area (Å²) in [5.74, 6) is 0.623. The molecule has 0 spiro atoms. The lowest BCUT2D eigenvalue weighted by molar-refractivity contribution is -0.109. The number of alkyl carbamates (subject to hydrolysis) is 1. The van der Waals surface area contributed by atoms with Gasteiger partial charge in [-0.25, -0.2) is 4.79 Å². The summed E-state index contributed by atoms with van der Waals surface area (Å²) in [5.41, 5.74) is 0.377. The minimum atomic E-state index is -0.553. The molecule has 0 aliphatic rings. The quantitative estimate of drug-likeness (QED) is 0.850. The Balaban J connectivity index is 2.75. The first-order valence-electron chi connectivity index (χ1n) is 7.06. The van der Waals surface area contributed by atoms with Crippen LogP contribution in [0.4, 0.5) is 4.79 Å². The minimum Gasteiger partial charge on any atom is -0.444 e. The van der Waals surface area contributed by atoms with Gasteiger partial charge in [-0.15, -0.1) is 0 Å². The Morgan fingerprint density at radius 3 is 2.36 bits per heavy atom. The van der Waals surface area contributed by atoms with Crippen LogP contribution in [0.5, 0.6) is 0 Å². The second-order valence-electron chi connectivity index (χ2n) is 5.88. The van der Waals surface area contributed by atoms with Crippen LogP contribution in [-0.2, 0) is 9.53 Å². The highest BCUT2D eigenvalue weighted by atomic mass is 35.5. The Hall–Kier alpha value is -1.20. The van der Waals surface area contributed by atoms with E-state index in [-0.39, 0.29) is 11.2 Å². The van der Waals surface area contributed by atoms with Crippen molar-refractivity contribution >= 4 is 34.6 Å². The molecule has 22 heavy (non-hydrogen) atoms. The van der Waals surface area contributed by atoms with E-state index >= 15 is 0 Å². The zero-order chi connectivity index (χ0) is 16.8. The van der Waals surface area contributed by atoms with E-state index in [0.29, 0.717) is 17.2 Å². The second kappa shape index (κ2) is 8.44. The number of carbonyl (C=O) groups is 2. The molecule has 0 fully saturated rings. The maximum atomic E-state index is 12.0. The SMILES string of the molecule is CC(=O)SCCC(NC(=O)OC(C)(C)C)c1ccc(Cl)cc1. The molecule has 0 radical (unpaired) electrons. The third-order valence-corrected chi connectivity index (χ3v) is 3.77. The third kappa shape index (κ3) is 7.71. The first kappa shape index (κ1) is 18.8. The van der Waals surface area contributed by atoms with Gasteiger partial charge in [0, 0.05) is 17.7 Å². The molecule has 0 bridgehead atoms. The molecule has 1 atom stereocenters. The van der Waals surface area contributed by atoms with Crippen LogP contribution in [0.15, 0.2) is 24.3 Å². The van der Waals surface area contributed by atoms with Gasteiger partial charge in [0.1, 0.15) is 5.60 Å². The smallest absolute Gasteiger partial charge is 0.408 e. The molecule has 1 amide bonds. The molecule has 4 nitrogen and oxygen atoms in total. The van der Waals surface area contributed by atoms with Gasteiger partial charge in [-0.2, -0.15) is 0 Å². The van der Waals surface area contributed by atoms with Gasteiger partial charge in [0.15, 0.2) is 5.12 Å². The Labute approximate surface area is 140 Å². The van der Waals surface area contributed by atoms with E-state index in [1.165, 1.54) is 18.7 Å². The molecule has 0 aliphatic heterocycles. The number of rotatable bonds is 5. The minimum absolute atomic E-state index is 0.0622. The van der Waals surface area contributed by atoms with Crippen molar-refractivity contribution in [3.05, 3.63) is 34.9 Å². The van der Waals surface area contributed by atoms with E-state index in [4.69, 9.17) is 16.3 Å². The second-order valence-corrected chi connectivity index (χ2v) is 7.59. The molecular formula is C16H22ClNO3S. The van der Waals surface area contributed by atoms with Crippen molar-refractivity contribution in [2.45, 2.75) is 45.8 Å². The number of amides is 1. The van der Waals surface area contributed by atoms with Crippen molar-refractivity contribution in [3.8, 4) is 0 Å². The molecule has 1 unspecified atom stereocenters. The van der Waals surface area contributed by atoms with E-state index in [2.05, 4.69) is 5.32 Å². The maximum absolute atomic E-state index is 12.0. The lowest BCUT2D eigenvalue weighted by atomic mass is 10.1. The third-order valence-electron chi connectivity index (χ3n) is 2.68. The van der Waals surface area contributed by atoms with Crippen LogP contribution in [0.1, 0.15) is 45.7 Å². The highest BCUT2D eigenvalue weighted by molar-refractivity contribution is 8.13. The fraction of sp³-hybridized carbons (Fsp3) is 0.500. The Morgan fingerprint density at radius 1 is 1.27 bits per heavy atom. The molecule has 6 heteroatoms. The zero-order valence-electron chi connectivity index (χ0n) is 13.3. The molecule has 0 saturated heterocycles. The molecule has 1 aromatic carbocycles. The summed E-state index contributed by atoms with van der Waals surface area (Å²) in [6.45, 7) is 6.98. The molecule has 122 valence electrons. The molecule has 1 N–H and O–H groups in total. The average Bonchev–Trinajstić information content (AvgIpc) is 2.36. The largest absolute Gasteiger partial charge is 0.444 e. The van der Waals surface area contributed by atoms with E-state index in [9.17, 15) is 9.59 Å². The van der Waals surface area contributed by atoms with Crippen molar-refractivity contribution in [3.63, 3.8) is 0 Å². The normalized spacial score (nSPS) is 12.6. The van der Waals surface area contributed by atoms with Gasteiger partial charge in [-0.1, -0.05) is 35.5 Å². The predicted octanol–water partition coefficient (Wildman–Crippen LogP) is 4.58. The zero-order valence-corrected chi connectivity index (χ0v) is 14.9. The number of ether oxygens (including phenoxy) is 1. The molecule has 0 saturated carbocycles. The first-order chi connectivity index (χ1) is 10.2. The Bertz CT molecular complexity index is 511. The van der Waals surface area contributed by atoms with Crippen LogP contribution in [0, 0.1) is 0 Å². The van der Waals surface area contributed by atoms with E-state index < -0.39 is 11.7 Å². The molecule has 0 aromatic heterocycles. The Morgan fingerprint density at radius 2 is 1.86 bits per heavy atom. The van der Waals surface area contributed by atoms with Gasteiger partial charge < -0.3 is 10.1 Å².